The summed E-state index contributed by atoms with van der Waals surface area (Å²) in [5, 5.41) is 7.61. The van der Waals surface area contributed by atoms with Gasteiger partial charge in [0.2, 0.25) is 0 Å². The zero-order chi connectivity index (χ0) is 17.1. The SMILES string of the molecule is CCOC(=O)c1c(NC(=S)Nc2cccc(C)c2)sc2c1CCC2. The van der Waals surface area contributed by atoms with Gasteiger partial charge in [-0.05, 0) is 68.6 Å². The van der Waals surface area contributed by atoms with Gasteiger partial charge in [0.05, 0.1) is 12.2 Å². The summed E-state index contributed by atoms with van der Waals surface area (Å²) in [5.74, 6) is -0.266. The summed E-state index contributed by atoms with van der Waals surface area (Å²) in [6.07, 6.45) is 3.05. The summed E-state index contributed by atoms with van der Waals surface area (Å²) in [4.78, 5) is 13.6. The molecule has 2 aromatic rings. The Balaban J connectivity index is 1.79. The molecule has 0 bridgehead atoms. The molecule has 0 saturated heterocycles. The Kier molecular flexibility index (Phi) is 5.16. The molecule has 0 aliphatic heterocycles. The topological polar surface area (TPSA) is 50.4 Å². The minimum Gasteiger partial charge on any atom is -0.462 e. The number of thiocarbonyl (C=S) groups is 1. The van der Waals surface area contributed by atoms with Gasteiger partial charge in [-0.25, -0.2) is 4.79 Å². The fourth-order valence-corrected chi connectivity index (χ4v) is 4.47. The van der Waals surface area contributed by atoms with Crippen molar-refractivity contribution in [1.82, 2.24) is 0 Å². The van der Waals surface area contributed by atoms with Crippen LogP contribution < -0.4 is 10.6 Å². The number of rotatable bonds is 4. The number of hydrogen-bond donors (Lipinski definition) is 2. The minimum absolute atomic E-state index is 0.266. The van der Waals surface area contributed by atoms with Crippen molar-refractivity contribution in [2.24, 2.45) is 0 Å². The molecule has 1 aromatic heterocycles. The zero-order valence-corrected chi connectivity index (χ0v) is 15.4. The molecule has 1 aromatic carbocycles. The Bertz CT molecular complexity index is 783. The molecule has 2 N–H and O–H groups in total. The molecule has 1 heterocycles. The Labute approximate surface area is 151 Å². The first-order chi connectivity index (χ1) is 11.6. The van der Waals surface area contributed by atoms with Crippen molar-refractivity contribution in [2.45, 2.75) is 33.1 Å². The molecule has 6 heteroatoms. The van der Waals surface area contributed by atoms with Crippen LogP contribution in [-0.2, 0) is 17.6 Å². The van der Waals surface area contributed by atoms with E-state index >= 15 is 0 Å². The standard InChI is InChI=1S/C18H20N2O2S2/c1-3-22-17(21)15-13-8-5-9-14(13)24-16(15)20-18(23)19-12-7-4-6-11(2)10-12/h4,6-7,10H,3,5,8-9H2,1-2H3,(H2,19,20,23). The second-order valence-corrected chi connectivity index (χ2v) is 7.24. The lowest BCUT2D eigenvalue weighted by Crippen LogP contribution is -2.20. The van der Waals surface area contributed by atoms with Crippen LogP contribution in [0.15, 0.2) is 24.3 Å². The van der Waals surface area contributed by atoms with E-state index in [1.54, 1.807) is 11.3 Å². The van der Waals surface area contributed by atoms with Gasteiger partial charge in [-0.3, -0.25) is 0 Å². The molecular weight excluding hydrogens is 340 g/mol. The van der Waals surface area contributed by atoms with Crippen LogP contribution >= 0.6 is 23.6 Å². The molecule has 3 rings (SSSR count). The molecule has 4 nitrogen and oxygen atoms in total. The number of hydrogen-bond acceptors (Lipinski definition) is 4. The summed E-state index contributed by atoms with van der Waals surface area (Å²) in [5.41, 5.74) is 3.86. The number of anilines is 2. The first-order valence-electron chi connectivity index (χ1n) is 8.04. The van der Waals surface area contributed by atoms with Crippen LogP contribution in [0.3, 0.4) is 0 Å². The van der Waals surface area contributed by atoms with E-state index in [0.717, 1.165) is 41.1 Å². The predicted molar refractivity (Wildman–Crippen MR) is 103 cm³/mol. The average molecular weight is 361 g/mol. The normalized spacial score (nSPS) is 12.6. The number of ether oxygens (including phenoxy) is 1. The van der Waals surface area contributed by atoms with Gasteiger partial charge < -0.3 is 15.4 Å². The van der Waals surface area contributed by atoms with Crippen LogP contribution in [0.4, 0.5) is 10.7 Å². The molecule has 0 spiro atoms. The predicted octanol–water partition coefficient (Wildman–Crippen LogP) is 4.53. The van der Waals surface area contributed by atoms with E-state index in [1.807, 2.05) is 38.1 Å². The summed E-state index contributed by atoms with van der Waals surface area (Å²) >= 11 is 7.02. The second-order valence-electron chi connectivity index (χ2n) is 5.73. The molecule has 0 amide bonds. The van der Waals surface area contributed by atoms with Crippen molar-refractivity contribution in [3.8, 4) is 0 Å². The van der Waals surface area contributed by atoms with E-state index in [9.17, 15) is 4.79 Å². The molecule has 0 radical (unpaired) electrons. The first kappa shape index (κ1) is 16.9. The second kappa shape index (κ2) is 7.32. The van der Waals surface area contributed by atoms with Crippen LogP contribution in [0.25, 0.3) is 0 Å². The number of aryl methyl sites for hydroxylation is 2. The van der Waals surface area contributed by atoms with Gasteiger partial charge in [-0.1, -0.05) is 12.1 Å². The van der Waals surface area contributed by atoms with Crippen LogP contribution in [-0.4, -0.2) is 17.7 Å². The number of fused-ring (bicyclic) bond motifs is 1. The van der Waals surface area contributed by atoms with Crippen molar-refractivity contribution >= 4 is 45.3 Å². The highest BCUT2D eigenvalue weighted by molar-refractivity contribution is 7.80. The lowest BCUT2D eigenvalue weighted by molar-refractivity contribution is 0.0527. The summed E-state index contributed by atoms with van der Waals surface area (Å²) in [6, 6.07) is 7.99. The Morgan fingerprint density at radius 3 is 2.92 bits per heavy atom. The smallest absolute Gasteiger partial charge is 0.341 e. The Hall–Kier alpha value is -1.92. The van der Waals surface area contributed by atoms with E-state index in [1.165, 1.54) is 4.88 Å². The Morgan fingerprint density at radius 2 is 2.17 bits per heavy atom. The van der Waals surface area contributed by atoms with E-state index < -0.39 is 0 Å². The minimum atomic E-state index is -0.266. The van der Waals surface area contributed by atoms with Crippen molar-refractivity contribution in [2.75, 3.05) is 17.2 Å². The highest BCUT2D eigenvalue weighted by Crippen LogP contribution is 2.39. The third-order valence-corrected chi connectivity index (χ3v) is 5.32. The fraction of sp³-hybridized carbons (Fsp3) is 0.333. The maximum Gasteiger partial charge on any atom is 0.341 e. The van der Waals surface area contributed by atoms with Gasteiger partial charge in [0.15, 0.2) is 5.11 Å². The molecule has 126 valence electrons. The maximum atomic E-state index is 12.4. The van der Waals surface area contributed by atoms with Crippen LogP contribution in [0.1, 0.15) is 39.7 Å². The van der Waals surface area contributed by atoms with Gasteiger partial charge >= 0.3 is 5.97 Å². The summed E-state index contributed by atoms with van der Waals surface area (Å²) in [7, 11) is 0. The molecule has 1 aliphatic rings. The Morgan fingerprint density at radius 1 is 1.33 bits per heavy atom. The van der Waals surface area contributed by atoms with Crippen molar-refractivity contribution in [3.63, 3.8) is 0 Å². The van der Waals surface area contributed by atoms with Crippen LogP contribution in [0.2, 0.25) is 0 Å². The molecule has 0 atom stereocenters. The number of thiophene rings is 1. The maximum absolute atomic E-state index is 12.4. The molecule has 24 heavy (non-hydrogen) atoms. The van der Waals surface area contributed by atoms with E-state index in [0.29, 0.717) is 17.3 Å². The number of benzene rings is 1. The lowest BCUT2D eigenvalue weighted by Gasteiger charge is -2.12. The molecule has 0 fully saturated rings. The number of carbonyl (C=O) groups excluding carboxylic acids is 1. The molecule has 0 saturated carbocycles. The average Bonchev–Trinajstić information content (AvgIpc) is 3.07. The highest BCUT2D eigenvalue weighted by Gasteiger charge is 2.27. The van der Waals surface area contributed by atoms with E-state index in [2.05, 4.69) is 10.6 Å². The van der Waals surface area contributed by atoms with Crippen molar-refractivity contribution in [3.05, 3.63) is 45.8 Å². The van der Waals surface area contributed by atoms with Gasteiger partial charge in [0.25, 0.3) is 0 Å². The van der Waals surface area contributed by atoms with Crippen LogP contribution in [0, 0.1) is 6.92 Å². The fourth-order valence-electron chi connectivity index (χ4n) is 2.90. The number of esters is 1. The summed E-state index contributed by atoms with van der Waals surface area (Å²) < 4.78 is 5.23. The third kappa shape index (κ3) is 3.60. The highest BCUT2D eigenvalue weighted by atomic mass is 32.1. The van der Waals surface area contributed by atoms with E-state index in [-0.39, 0.29) is 5.97 Å². The van der Waals surface area contributed by atoms with Gasteiger partial charge in [0, 0.05) is 10.6 Å². The van der Waals surface area contributed by atoms with Gasteiger partial charge in [-0.15, -0.1) is 11.3 Å². The van der Waals surface area contributed by atoms with Crippen molar-refractivity contribution < 1.29 is 9.53 Å². The largest absolute Gasteiger partial charge is 0.462 e. The monoisotopic (exact) mass is 360 g/mol. The number of carbonyl (C=O) groups is 1. The zero-order valence-electron chi connectivity index (χ0n) is 13.8. The molecular formula is C18H20N2O2S2. The van der Waals surface area contributed by atoms with Gasteiger partial charge in [-0.2, -0.15) is 0 Å². The molecule has 1 aliphatic carbocycles. The van der Waals surface area contributed by atoms with Crippen molar-refractivity contribution in [1.29, 1.82) is 0 Å². The van der Waals surface area contributed by atoms with Crippen LogP contribution in [0.5, 0.6) is 0 Å². The number of nitrogens with one attached hydrogen (secondary N) is 2. The third-order valence-electron chi connectivity index (χ3n) is 3.90. The summed E-state index contributed by atoms with van der Waals surface area (Å²) in [6.45, 7) is 4.22. The van der Waals surface area contributed by atoms with E-state index in [4.69, 9.17) is 17.0 Å². The first-order valence-corrected chi connectivity index (χ1v) is 9.27. The lowest BCUT2D eigenvalue weighted by atomic mass is 10.1. The quantitative estimate of drug-likeness (QED) is 0.620. The molecule has 0 unspecified atom stereocenters. The van der Waals surface area contributed by atoms with Gasteiger partial charge in [0.1, 0.15) is 5.00 Å².